The monoisotopic (exact) mass is 351 g/mol. The number of carbonyl (C=O) groups is 1. The van der Waals surface area contributed by atoms with Crippen molar-refractivity contribution in [1.82, 2.24) is 25.5 Å². The number of aromatic nitrogens is 4. The number of nitrogens with zero attached hydrogens (tertiary/aromatic N) is 4. The summed E-state index contributed by atoms with van der Waals surface area (Å²) in [5.74, 6) is 0.0765. The average Bonchev–Trinajstić information content (AvgIpc) is 3.21. The van der Waals surface area contributed by atoms with Gasteiger partial charge in [-0.05, 0) is 41.6 Å². The molecule has 1 aliphatic rings. The van der Waals surface area contributed by atoms with Gasteiger partial charge in [0, 0.05) is 10.9 Å². The Morgan fingerprint density at radius 2 is 2.30 bits per heavy atom. The summed E-state index contributed by atoms with van der Waals surface area (Å²) in [4.78, 5) is 13.6. The molecule has 2 heterocycles. The standard InChI is InChI=1S/C15H21N5OS2/c1-11(14(21)16-12-6-3-2-4-7-12)23-15-17-18-19-20(15)10-13-8-5-9-22-13/h5,8-9,11-12H,2-4,6-7,10H2,1H3,(H,16,21)/t11-/m1/s1. The minimum Gasteiger partial charge on any atom is -0.352 e. The molecule has 1 saturated carbocycles. The molecule has 23 heavy (non-hydrogen) atoms. The molecule has 1 atom stereocenters. The second-order valence-corrected chi connectivity index (χ2v) is 8.14. The van der Waals surface area contributed by atoms with E-state index in [9.17, 15) is 4.79 Å². The van der Waals surface area contributed by atoms with Crippen molar-refractivity contribution in [2.45, 2.75) is 62.0 Å². The van der Waals surface area contributed by atoms with Crippen LogP contribution in [0.15, 0.2) is 22.7 Å². The minimum atomic E-state index is -0.204. The molecule has 3 rings (SSSR count). The molecule has 8 heteroatoms. The van der Waals surface area contributed by atoms with Gasteiger partial charge in [-0.25, -0.2) is 4.68 Å². The van der Waals surface area contributed by atoms with Crippen LogP contribution in [0.1, 0.15) is 43.9 Å². The Morgan fingerprint density at radius 3 is 3.04 bits per heavy atom. The molecule has 0 aromatic carbocycles. The molecule has 2 aromatic rings. The molecule has 1 aliphatic carbocycles. The topological polar surface area (TPSA) is 72.7 Å². The molecule has 0 bridgehead atoms. The summed E-state index contributed by atoms with van der Waals surface area (Å²) in [6.45, 7) is 2.55. The largest absolute Gasteiger partial charge is 0.352 e. The maximum absolute atomic E-state index is 12.4. The highest BCUT2D eigenvalue weighted by Crippen LogP contribution is 2.23. The first-order valence-electron chi connectivity index (χ1n) is 7.98. The van der Waals surface area contributed by atoms with E-state index in [4.69, 9.17) is 0 Å². The third kappa shape index (κ3) is 4.54. The van der Waals surface area contributed by atoms with Gasteiger partial charge in [0.2, 0.25) is 11.1 Å². The summed E-state index contributed by atoms with van der Waals surface area (Å²) < 4.78 is 1.75. The summed E-state index contributed by atoms with van der Waals surface area (Å²) in [7, 11) is 0. The zero-order valence-electron chi connectivity index (χ0n) is 13.1. The van der Waals surface area contributed by atoms with Gasteiger partial charge in [-0.1, -0.05) is 37.1 Å². The van der Waals surface area contributed by atoms with Crippen molar-refractivity contribution in [1.29, 1.82) is 0 Å². The molecule has 1 amide bonds. The Kier molecular flexibility index (Phi) is 5.66. The maximum Gasteiger partial charge on any atom is 0.233 e. The van der Waals surface area contributed by atoms with Crippen LogP contribution < -0.4 is 5.32 Å². The Labute approximate surface area is 144 Å². The van der Waals surface area contributed by atoms with Crippen molar-refractivity contribution in [3.05, 3.63) is 22.4 Å². The number of tetrazole rings is 1. The van der Waals surface area contributed by atoms with Gasteiger partial charge in [-0.3, -0.25) is 4.79 Å². The zero-order chi connectivity index (χ0) is 16.1. The Balaban J connectivity index is 1.56. The molecule has 0 unspecified atom stereocenters. The van der Waals surface area contributed by atoms with Gasteiger partial charge < -0.3 is 5.32 Å². The van der Waals surface area contributed by atoms with E-state index in [0.29, 0.717) is 17.7 Å². The molecule has 2 aromatic heterocycles. The number of carbonyl (C=O) groups excluding carboxylic acids is 1. The van der Waals surface area contributed by atoms with Crippen LogP contribution in [0.25, 0.3) is 0 Å². The molecule has 0 radical (unpaired) electrons. The van der Waals surface area contributed by atoms with E-state index >= 15 is 0 Å². The maximum atomic E-state index is 12.4. The summed E-state index contributed by atoms with van der Waals surface area (Å²) in [6, 6.07) is 4.40. The Hall–Kier alpha value is -1.41. The van der Waals surface area contributed by atoms with Crippen molar-refractivity contribution >= 4 is 29.0 Å². The van der Waals surface area contributed by atoms with Gasteiger partial charge in [-0.2, -0.15) is 0 Å². The van der Waals surface area contributed by atoms with Crippen molar-refractivity contribution in [2.75, 3.05) is 0 Å². The third-order valence-corrected chi connectivity index (χ3v) is 5.92. The summed E-state index contributed by atoms with van der Waals surface area (Å²) in [5.41, 5.74) is 0. The number of thioether (sulfide) groups is 1. The number of rotatable bonds is 6. The molecular weight excluding hydrogens is 330 g/mol. The highest BCUT2D eigenvalue weighted by Gasteiger charge is 2.22. The second-order valence-electron chi connectivity index (χ2n) is 5.80. The number of hydrogen-bond acceptors (Lipinski definition) is 6. The van der Waals surface area contributed by atoms with Crippen molar-refractivity contribution in [3.8, 4) is 0 Å². The lowest BCUT2D eigenvalue weighted by Crippen LogP contribution is -2.40. The Bertz CT molecular complexity index is 622. The van der Waals surface area contributed by atoms with Crippen LogP contribution in [-0.2, 0) is 11.3 Å². The van der Waals surface area contributed by atoms with Gasteiger partial charge in [0.15, 0.2) is 0 Å². The van der Waals surface area contributed by atoms with E-state index < -0.39 is 0 Å². The van der Waals surface area contributed by atoms with Gasteiger partial charge in [0.25, 0.3) is 0 Å². The molecule has 6 nitrogen and oxygen atoms in total. The lowest BCUT2D eigenvalue weighted by molar-refractivity contribution is -0.121. The van der Waals surface area contributed by atoms with Crippen molar-refractivity contribution in [3.63, 3.8) is 0 Å². The van der Waals surface area contributed by atoms with Gasteiger partial charge in [0.05, 0.1) is 11.8 Å². The van der Waals surface area contributed by atoms with Crippen LogP contribution in [0, 0.1) is 0 Å². The van der Waals surface area contributed by atoms with E-state index in [2.05, 4.69) is 26.9 Å². The minimum absolute atomic E-state index is 0.0765. The lowest BCUT2D eigenvalue weighted by Gasteiger charge is -2.24. The normalized spacial score (nSPS) is 17.1. The first-order valence-corrected chi connectivity index (χ1v) is 9.74. The van der Waals surface area contributed by atoms with Gasteiger partial charge in [0.1, 0.15) is 0 Å². The summed E-state index contributed by atoms with van der Waals surface area (Å²) >= 11 is 3.09. The fourth-order valence-electron chi connectivity index (χ4n) is 2.71. The molecular formula is C15H21N5OS2. The van der Waals surface area contributed by atoms with Crippen LogP contribution >= 0.6 is 23.1 Å². The third-order valence-electron chi connectivity index (χ3n) is 3.99. The zero-order valence-corrected chi connectivity index (χ0v) is 14.8. The first-order chi connectivity index (χ1) is 11.2. The number of amides is 1. The van der Waals surface area contributed by atoms with E-state index in [-0.39, 0.29) is 11.2 Å². The number of nitrogens with one attached hydrogen (secondary N) is 1. The predicted molar refractivity (Wildman–Crippen MR) is 91.6 cm³/mol. The average molecular weight is 352 g/mol. The van der Waals surface area contributed by atoms with E-state index in [1.165, 1.54) is 35.9 Å². The molecule has 1 N–H and O–H groups in total. The molecule has 0 spiro atoms. The van der Waals surface area contributed by atoms with Crippen LogP contribution in [0.3, 0.4) is 0 Å². The van der Waals surface area contributed by atoms with E-state index in [1.807, 2.05) is 18.4 Å². The van der Waals surface area contributed by atoms with Crippen molar-refractivity contribution in [2.24, 2.45) is 0 Å². The summed E-state index contributed by atoms with van der Waals surface area (Å²) in [5, 5.41) is 17.5. The molecule has 0 saturated heterocycles. The molecule has 0 aliphatic heterocycles. The molecule has 124 valence electrons. The van der Waals surface area contributed by atoms with Crippen LogP contribution in [0.5, 0.6) is 0 Å². The SMILES string of the molecule is C[C@@H](Sc1nnnn1Cc1cccs1)C(=O)NC1CCCCC1. The number of hydrogen-bond donors (Lipinski definition) is 1. The van der Waals surface area contributed by atoms with E-state index in [0.717, 1.165) is 12.8 Å². The summed E-state index contributed by atoms with van der Waals surface area (Å²) in [6.07, 6.45) is 5.91. The fourth-order valence-corrected chi connectivity index (χ4v) is 4.19. The molecule has 1 fully saturated rings. The van der Waals surface area contributed by atoms with E-state index in [1.54, 1.807) is 16.0 Å². The van der Waals surface area contributed by atoms with Gasteiger partial charge in [-0.15, -0.1) is 16.4 Å². The lowest BCUT2D eigenvalue weighted by atomic mass is 9.95. The van der Waals surface area contributed by atoms with Crippen LogP contribution in [0.2, 0.25) is 0 Å². The highest BCUT2D eigenvalue weighted by atomic mass is 32.2. The second kappa shape index (κ2) is 7.92. The Morgan fingerprint density at radius 1 is 1.48 bits per heavy atom. The smallest absolute Gasteiger partial charge is 0.233 e. The first kappa shape index (κ1) is 16.4. The van der Waals surface area contributed by atoms with Crippen LogP contribution in [-0.4, -0.2) is 37.4 Å². The predicted octanol–water partition coefficient (Wildman–Crippen LogP) is 2.71. The quantitative estimate of drug-likeness (QED) is 0.810. The van der Waals surface area contributed by atoms with Crippen molar-refractivity contribution < 1.29 is 4.79 Å². The highest BCUT2D eigenvalue weighted by molar-refractivity contribution is 8.00. The van der Waals surface area contributed by atoms with Crippen LogP contribution in [0.4, 0.5) is 0 Å². The van der Waals surface area contributed by atoms with Gasteiger partial charge >= 0.3 is 0 Å². The number of thiophene rings is 1. The fraction of sp³-hybridized carbons (Fsp3) is 0.600.